The van der Waals surface area contributed by atoms with Crippen molar-refractivity contribution in [3.05, 3.63) is 17.7 Å². The maximum atomic E-state index is 5.44. The minimum absolute atomic E-state index is 0.684. The molecule has 6 nitrogen and oxygen atoms in total. The lowest BCUT2D eigenvalue weighted by Crippen LogP contribution is -2.45. The standard InChI is InChI=1S/C16H27N3O3/c1-20-14-11-16(22-3)15(21-2)10-13(14)12-18-6-9-19-7-4-17-5-8-19/h10-11,17-18H,4-9,12H2,1-3H3. The number of hydrogen-bond donors (Lipinski definition) is 2. The van der Waals surface area contributed by atoms with Gasteiger partial charge in [0.2, 0.25) is 0 Å². The Bertz CT molecular complexity index is 462. The van der Waals surface area contributed by atoms with E-state index in [2.05, 4.69) is 15.5 Å². The molecule has 0 atom stereocenters. The molecule has 2 N–H and O–H groups in total. The van der Waals surface area contributed by atoms with Crippen LogP contribution < -0.4 is 24.8 Å². The summed E-state index contributed by atoms with van der Waals surface area (Å²) in [5.74, 6) is 2.22. The van der Waals surface area contributed by atoms with Gasteiger partial charge in [-0.05, 0) is 6.07 Å². The molecule has 0 bridgehead atoms. The van der Waals surface area contributed by atoms with Crippen LogP contribution in [0.4, 0.5) is 0 Å². The summed E-state index contributed by atoms with van der Waals surface area (Å²) in [4.78, 5) is 2.47. The molecule has 1 aromatic carbocycles. The first-order valence-electron chi connectivity index (χ1n) is 7.71. The molecule has 2 rings (SSSR count). The summed E-state index contributed by atoms with van der Waals surface area (Å²) in [5.41, 5.74) is 1.07. The van der Waals surface area contributed by atoms with E-state index in [0.717, 1.165) is 62.9 Å². The van der Waals surface area contributed by atoms with Crippen LogP contribution >= 0.6 is 0 Å². The Balaban J connectivity index is 1.88. The summed E-state index contributed by atoms with van der Waals surface area (Å²) in [7, 11) is 4.94. The molecule has 0 unspecified atom stereocenters. The molecule has 0 radical (unpaired) electrons. The van der Waals surface area contributed by atoms with Gasteiger partial charge in [-0.2, -0.15) is 0 Å². The first kappa shape index (κ1) is 16.9. The summed E-state index contributed by atoms with van der Waals surface area (Å²) < 4.78 is 16.1. The predicted octanol–water partition coefficient (Wildman–Crippen LogP) is 0.707. The molecule has 1 aliphatic rings. The molecule has 1 aliphatic heterocycles. The third-order valence-corrected chi connectivity index (χ3v) is 3.92. The second kappa shape index (κ2) is 8.82. The molecule has 0 spiro atoms. The van der Waals surface area contributed by atoms with E-state index in [9.17, 15) is 0 Å². The minimum Gasteiger partial charge on any atom is -0.496 e. The number of rotatable bonds is 8. The smallest absolute Gasteiger partial charge is 0.164 e. The third-order valence-electron chi connectivity index (χ3n) is 3.92. The van der Waals surface area contributed by atoms with Crippen LogP contribution in [0, 0.1) is 0 Å². The molecular weight excluding hydrogens is 282 g/mol. The number of hydrogen-bond acceptors (Lipinski definition) is 6. The second-order valence-electron chi connectivity index (χ2n) is 5.29. The molecule has 124 valence electrons. The summed E-state index contributed by atoms with van der Waals surface area (Å²) in [5, 5.41) is 6.84. The Morgan fingerprint density at radius 2 is 1.64 bits per heavy atom. The normalized spacial score (nSPS) is 15.6. The van der Waals surface area contributed by atoms with Crippen molar-refractivity contribution in [2.24, 2.45) is 0 Å². The first-order valence-corrected chi connectivity index (χ1v) is 7.71. The summed E-state index contributed by atoms with van der Waals surface area (Å²) in [6, 6.07) is 3.83. The average molecular weight is 309 g/mol. The fourth-order valence-electron chi connectivity index (χ4n) is 2.63. The lowest BCUT2D eigenvalue weighted by atomic mass is 10.1. The van der Waals surface area contributed by atoms with E-state index in [0.29, 0.717) is 5.75 Å². The lowest BCUT2D eigenvalue weighted by Gasteiger charge is -2.27. The number of nitrogens with zero attached hydrogens (tertiary/aromatic N) is 1. The van der Waals surface area contributed by atoms with Crippen LogP contribution in [0.2, 0.25) is 0 Å². The van der Waals surface area contributed by atoms with Crippen LogP contribution in [0.25, 0.3) is 0 Å². The van der Waals surface area contributed by atoms with Gasteiger partial charge in [0, 0.05) is 57.4 Å². The second-order valence-corrected chi connectivity index (χ2v) is 5.29. The highest BCUT2D eigenvalue weighted by atomic mass is 16.5. The number of nitrogens with one attached hydrogen (secondary N) is 2. The molecule has 0 aliphatic carbocycles. The highest BCUT2D eigenvalue weighted by Crippen LogP contribution is 2.34. The molecule has 22 heavy (non-hydrogen) atoms. The fraction of sp³-hybridized carbons (Fsp3) is 0.625. The van der Waals surface area contributed by atoms with Crippen LogP contribution in [-0.4, -0.2) is 65.5 Å². The van der Waals surface area contributed by atoms with Gasteiger partial charge in [0.1, 0.15) is 5.75 Å². The molecule has 1 saturated heterocycles. The molecule has 0 saturated carbocycles. The van der Waals surface area contributed by atoms with Crippen molar-refractivity contribution >= 4 is 0 Å². The Kier molecular flexibility index (Phi) is 6.76. The van der Waals surface area contributed by atoms with Crippen molar-refractivity contribution in [2.45, 2.75) is 6.54 Å². The van der Waals surface area contributed by atoms with Gasteiger partial charge in [0.05, 0.1) is 21.3 Å². The highest BCUT2D eigenvalue weighted by molar-refractivity contribution is 5.50. The SMILES string of the molecule is COc1cc(OC)c(OC)cc1CNCCN1CCNCC1. The summed E-state index contributed by atoms with van der Waals surface area (Å²) >= 11 is 0. The zero-order valence-corrected chi connectivity index (χ0v) is 13.8. The van der Waals surface area contributed by atoms with E-state index >= 15 is 0 Å². The Labute approximate surface area is 132 Å². The lowest BCUT2D eigenvalue weighted by molar-refractivity contribution is 0.241. The van der Waals surface area contributed by atoms with Crippen LogP contribution in [0.15, 0.2) is 12.1 Å². The van der Waals surface area contributed by atoms with Gasteiger partial charge in [-0.15, -0.1) is 0 Å². The van der Waals surface area contributed by atoms with E-state index in [1.807, 2.05) is 12.1 Å². The Morgan fingerprint density at radius 1 is 1.00 bits per heavy atom. The fourth-order valence-corrected chi connectivity index (χ4v) is 2.63. The van der Waals surface area contributed by atoms with E-state index in [1.54, 1.807) is 21.3 Å². The van der Waals surface area contributed by atoms with Crippen LogP contribution in [-0.2, 0) is 6.54 Å². The van der Waals surface area contributed by atoms with E-state index in [1.165, 1.54) is 0 Å². The van der Waals surface area contributed by atoms with Gasteiger partial charge < -0.3 is 24.8 Å². The summed E-state index contributed by atoms with van der Waals surface area (Å²) in [6.45, 7) is 7.19. The van der Waals surface area contributed by atoms with Crippen LogP contribution in [0.3, 0.4) is 0 Å². The topological polar surface area (TPSA) is 55.0 Å². The minimum atomic E-state index is 0.684. The van der Waals surface area contributed by atoms with Crippen LogP contribution in [0.1, 0.15) is 5.56 Å². The van der Waals surface area contributed by atoms with Gasteiger partial charge in [-0.3, -0.25) is 4.90 Å². The van der Waals surface area contributed by atoms with Crippen molar-refractivity contribution in [3.8, 4) is 17.2 Å². The molecular formula is C16H27N3O3. The Hall–Kier alpha value is -1.50. The Morgan fingerprint density at radius 3 is 2.27 bits per heavy atom. The molecule has 0 amide bonds. The maximum Gasteiger partial charge on any atom is 0.164 e. The van der Waals surface area contributed by atoms with Crippen molar-refractivity contribution in [3.63, 3.8) is 0 Å². The van der Waals surface area contributed by atoms with Crippen LogP contribution in [0.5, 0.6) is 17.2 Å². The molecule has 6 heteroatoms. The molecule has 1 aromatic rings. The number of piperazine rings is 1. The van der Waals surface area contributed by atoms with Crippen molar-refractivity contribution in [1.29, 1.82) is 0 Å². The largest absolute Gasteiger partial charge is 0.496 e. The van der Waals surface area contributed by atoms with Gasteiger partial charge in [-0.25, -0.2) is 0 Å². The van der Waals surface area contributed by atoms with Gasteiger partial charge in [0.25, 0.3) is 0 Å². The first-order chi connectivity index (χ1) is 10.8. The van der Waals surface area contributed by atoms with Crippen molar-refractivity contribution in [2.75, 3.05) is 60.6 Å². The third kappa shape index (κ3) is 4.50. The number of benzene rings is 1. The number of ether oxygens (including phenoxy) is 3. The molecule has 0 aromatic heterocycles. The van der Waals surface area contributed by atoms with Gasteiger partial charge in [-0.1, -0.05) is 0 Å². The molecule has 1 fully saturated rings. The van der Waals surface area contributed by atoms with E-state index in [-0.39, 0.29) is 0 Å². The van der Waals surface area contributed by atoms with Crippen molar-refractivity contribution < 1.29 is 14.2 Å². The van der Waals surface area contributed by atoms with Gasteiger partial charge >= 0.3 is 0 Å². The average Bonchev–Trinajstić information content (AvgIpc) is 2.58. The monoisotopic (exact) mass is 309 g/mol. The number of methoxy groups -OCH3 is 3. The van der Waals surface area contributed by atoms with E-state index < -0.39 is 0 Å². The highest BCUT2D eigenvalue weighted by Gasteiger charge is 2.12. The summed E-state index contributed by atoms with van der Waals surface area (Å²) in [6.07, 6.45) is 0. The zero-order chi connectivity index (χ0) is 15.8. The van der Waals surface area contributed by atoms with Crippen molar-refractivity contribution in [1.82, 2.24) is 15.5 Å². The van der Waals surface area contributed by atoms with E-state index in [4.69, 9.17) is 14.2 Å². The quantitative estimate of drug-likeness (QED) is 0.690. The molecule has 1 heterocycles. The zero-order valence-electron chi connectivity index (χ0n) is 13.8. The van der Waals surface area contributed by atoms with Gasteiger partial charge in [0.15, 0.2) is 11.5 Å². The maximum absolute atomic E-state index is 5.44. The predicted molar refractivity (Wildman–Crippen MR) is 87.1 cm³/mol.